The number of ether oxygens (including phenoxy) is 1. The van der Waals surface area contributed by atoms with Crippen LogP contribution in [0.3, 0.4) is 0 Å². The molecule has 22 heavy (non-hydrogen) atoms. The molecule has 1 unspecified atom stereocenters. The van der Waals surface area contributed by atoms with Gasteiger partial charge >= 0.3 is 5.97 Å². The molecule has 0 spiro atoms. The number of ketones is 1. The molecule has 1 heterocycles. The minimum absolute atomic E-state index is 0.00222. The summed E-state index contributed by atoms with van der Waals surface area (Å²) in [5.74, 6) is -0.509. The number of nitrogens with one attached hydrogen (secondary N) is 1. The van der Waals surface area contributed by atoms with Crippen molar-refractivity contribution in [1.29, 1.82) is 0 Å². The maximum atomic E-state index is 12.1. The van der Waals surface area contributed by atoms with Crippen LogP contribution in [0, 0.1) is 13.8 Å². The van der Waals surface area contributed by atoms with Gasteiger partial charge in [-0.05, 0) is 62.9 Å². The van der Waals surface area contributed by atoms with Crippen LogP contribution >= 0.6 is 0 Å². The third-order valence-corrected chi connectivity index (χ3v) is 4.06. The summed E-state index contributed by atoms with van der Waals surface area (Å²) in [5.41, 5.74) is 5.02. The van der Waals surface area contributed by atoms with Gasteiger partial charge < -0.3 is 10.1 Å². The van der Waals surface area contributed by atoms with E-state index in [1.807, 2.05) is 0 Å². The molecule has 1 N–H and O–H groups in total. The van der Waals surface area contributed by atoms with Gasteiger partial charge in [0.05, 0.1) is 6.10 Å². The zero-order valence-corrected chi connectivity index (χ0v) is 13.9. The number of hydrogen-bond donors (Lipinski definition) is 1. The molecule has 0 aromatic heterocycles. The Morgan fingerprint density at radius 2 is 1.95 bits per heavy atom. The van der Waals surface area contributed by atoms with Crippen LogP contribution in [0.2, 0.25) is 0 Å². The molecule has 0 saturated heterocycles. The van der Waals surface area contributed by atoms with Crippen molar-refractivity contribution in [3.05, 3.63) is 34.4 Å². The maximum absolute atomic E-state index is 12.1. The number of aryl methyl sites for hydroxylation is 2. The number of esters is 1. The highest BCUT2D eigenvalue weighted by Gasteiger charge is 2.24. The van der Waals surface area contributed by atoms with Gasteiger partial charge in [-0.15, -0.1) is 0 Å². The normalized spacial score (nSPS) is 17.2. The van der Waals surface area contributed by atoms with Crippen LogP contribution in [0.1, 0.15) is 55.0 Å². The second kappa shape index (κ2) is 7.05. The summed E-state index contributed by atoms with van der Waals surface area (Å²) in [5, 5.41) is 3.39. The van der Waals surface area contributed by atoms with Crippen molar-refractivity contribution in [2.75, 3.05) is 6.54 Å². The molecule has 4 heteroatoms. The van der Waals surface area contributed by atoms with Crippen molar-refractivity contribution < 1.29 is 14.3 Å². The maximum Gasteiger partial charge on any atom is 0.313 e. The molecular formula is C18H25NO3. The molecule has 120 valence electrons. The molecule has 0 radical (unpaired) electrons. The van der Waals surface area contributed by atoms with E-state index in [2.05, 4.69) is 31.3 Å². The number of carbonyl (C=O) groups is 2. The average molecular weight is 303 g/mol. The van der Waals surface area contributed by atoms with E-state index in [9.17, 15) is 9.59 Å². The summed E-state index contributed by atoms with van der Waals surface area (Å²) in [6.07, 6.45) is 0.995. The Balaban J connectivity index is 2.04. The quantitative estimate of drug-likeness (QED) is 0.671. The van der Waals surface area contributed by atoms with Gasteiger partial charge in [-0.1, -0.05) is 12.1 Å². The molecule has 2 rings (SSSR count). The van der Waals surface area contributed by atoms with Crippen LogP contribution in [0.4, 0.5) is 0 Å². The topological polar surface area (TPSA) is 55.4 Å². The Kier molecular flexibility index (Phi) is 5.35. The van der Waals surface area contributed by atoms with Crippen molar-refractivity contribution in [3.63, 3.8) is 0 Å². The van der Waals surface area contributed by atoms with E-state index < -0.39 is 5.97 Å². The molecule has 4 nitrogen and oxygen atoms in total. The second-order valence-electron chi connectivity index (χ2n) is 6.35. The van der Waals surface area contributed by atoms with E-state index in [0.29, 0.717) is 6.42 Å². The van der Waals surface area contributed by atoms with Crippen molar-refractivity contribution in [2.45, 2.75) is 59.1 Å². The molecule has 0 fully saturated rings. The lowest BCUT2D eigenvalue weighted by Crippen LogP contribution is -2.32. The van der Waals surface area contributed by atoms with Crippen LogP contribution in [-0.2, 0) is 20.7 Å². The number of hydrogen-bond acceptors (Lipinski definition) is 4. The predicted molar refractivity (Wildman–Crippen MR) is 85.8 cm³/mol. The lowest BCUT2D eigenvalue weighted by molar-refractivity contribution is -0.149. The summed E-state index contributed by atoms with van der Waals surface area (Å²) in [6, 6.07) is 4.39. The van der Waals surface area contributed by atoms with Gasteiger partial charge in [-0.25, -0.2) is 0 Å². The summed E-state index contributed by atoms with van der Waals surface area (Å²) in [6.45, 7) is 8.63. The monoisotopic (exact) mass is 303 g/mol. The highest BCUT2D eigenvalue weighted by atomic mass is 16.5. The van der Waals surface area contributed by atoms with E-state index in [4.69, 9.17) is 4.74 Å². The fraction of sp³-hybridized carbons (Fsp3) is 0.556. The molecule has 1 aliphatic heterocycles. The Morgan fingerprint density at radius 1 is 1.27 bits per heavy atom. The van der Waals surface area contributed by atoms with Crippen molar-refractivity contribution in [1.82, 2.24) is 5.32 Å². The predicted octanol–water partition coefficient (Wildman–Crippen LogP) is 2.79. The van der Waals surface area contributed by atoms with Crippen LogP contribution in [0.25, 0.3) is 0 Å². The van der Waals surface area contributed by atoms with Crippen LogP contribution in [0.5, 0.6) is 0 Å². The molecule has 0 aliphatic carbocycles. The standard InChI is InChI=1S/C18H25NO3/c1-11(2)22-18(21)10-15(20)9-17-16-8-13(4)12(3)7-14(16)5-6-19-17/h7-8,11,17,19H,5-6,9-10H2,1-4H3. The minimum atomic E-state index is -0.434. The molecule has 1 aliphatic rings. The van der Waals surface area contributed by atoms with Gasteiger partial charge in [0.25, 0.3) is 0 Å². The fourth-order valence-corrected chi connectivity index (χ4v) is 2.88. The van der Waals surface area contributed by atoms with E-state index in [1.54, 1.807) is 13.8 Å². The first kappa shape index (κ1) is 16.7. The molecule has 0 amide bonds. The first-order valence-corrected chi connectivity index (χ1v) is 7.91. The lowest BCUT2D eigenvalue weighted by Gasteiger charge is -2.27. The molecule has 0 bridgehead atoms. The Hall–Kier alpha value is -1.68. The van der Waals surface area contributed by atoms with Crippen molar-refractivity contribution >= 4 is 11.8 Å². The average Bonchev–Trinajstić information content (AvgIpc) is 2.39. The number of benzene rings is 1. The van der Waals surface area contributed by atoms with E-state index >= 15 is 0 Å². The summed E-state index contributed by atoms with van der Waals surface area (Å²) < 4.78 is 5.03. The third kappa shape index (κ3) is 4.17. The Morgan fingerprint density at radius 3 is 2.64 bits per heavy atom. The SMILES string of the molecule is Cc1cc2c(cc1C)C(CC(=O)CC(=O)OC(C)C)NCC2. The first-order valence-electron chi connectivity index (χ1n) is 7.91. The van der Waals surface area contributed by atoms with Gasteiger partial charge in [0.15, 0.2) is 0 Å². The number of fused-ring (bicyclic) bond motifs is 1. The molecule has 1 atom stereocenters. The third-order valence-electron chi connectivity index (χ3n) is 4.06. The van der Waals surface area contributed by atoms with Gasteiger partial charge in [0.2, 0.25) is 0 Å². The summed E-state index contributed by atoms with van der Waals surface area (Å²) >= 11 is 0. The van der Waals surface area contributed by atoms with Crippen molar-refractivity contribution in [2.24, 2.45) is 0 Å². The highest BCUT2D eigenvalue weighted by Crippen LogP contribution is 2.28. The first-order chi connectivity index (χ1) is 10.4. The van der Waals surface area contributed by atoms with E-state index in [-0.39, 0.29) is 24.3 Å². The van der Waals surface area contributed by atoms with E-state index in [1.165, 1.54) is 22.3 Å². The molecule has 0 saturated carbocycles. The fourth-order valence-electron chi connectivity index (χ4n) is 2.88. The highest BCUT2D eigenvalue weighted by molar-refractivity contribution is 5.95. The van der Waals surface area contributed by atoms with Gasteiger partial charge in [-0.2, -0.15) is 0 Å². The van der Waals surface area contributed by atoms with Crippen LogP contribution in [0.15, 0.2) is 12.1 Å². The van der Waals surface area contributed by atoms with E-state index in [0.717, 1.165) is 13.0 Å². The second-order valence-corrected chi connectivity index (χ2v) is 6.35. The molecule has 1 aromatic rings. The summed E-state index contributed by atoms with van der Waals surface area (Å²) in [4.78, 5) is 23.7. The minimum Gasteiger partial charge on any atom is -0.463 e. The van der Waals surface area contributed by atoms with Gasteiger partial charge in [0.1, 0.15) is 12.2 Å². The zero-order chi connectivity index (χ0) is 16.3. The number of carbonyl (C=O) groups excluding carboxylic acids is 2. The Labute approximate surface area is 132 Å². The van der Waals surface area contributed by atoms with Gasteiger partial charge in [-0.3, -0.25) is 9.59 Å². The number of Topliss-reactive ketones (excluding diaryl/α,β-unsaturated/α-hetero) is 1. The number of rotatable bonds is 5. The van der Waals surface area contributed by atoms with Gasteiger partial charge in [0, 0.05) is 12.5 Å². The van der Waals surface area contributed by atoms with Crippen LogP contribution < -0.4 is 5.32 Å². The zero-order valence-electron chi connectivity index (χ0n) is 13.9. The lowest BCUT2D eigenvalue weighted by atomic mass is 9.88. The molecule has 1 aromatic carbocycles. The molecular weight excluding hydrogens is 278 g/mol. The largest absolute Gasteiger partial charge is 0.463 e. The van der Waals surface area contributed by atoms with Crippen LogP contribution in [-0.4, -0.2) is 24.4 Å². The smallest absolute Gasteiger partial charge is 0.313 e. The van der Waals surface area contributed by atoms with Crippen molar-refractivity contribution in [3.8, 4) is 0 Å². The summed E-state index contributed by atoms with van der Waals surface area (Å²) in [7, 11) is 0. The Bertz CT molecular complexity index is 578.